The zero-order valence-corrected chi connectivity index (χ0v) is 40.9. The van der Waals surface area contributed by atoms with Gasteiger partial charge in [-0.25, -0.2) is 0 Å². The van der Waals surface area contributed by atoms with Crippen LogP contribution < -0.4 is 20.6 Å². The summed E-state index contributed by atoms with van der Waals surface area (Å²) < 4.78 is 7.19. The Morgan fingerprint density at radius 1 is 0.463 bits per heavy atom. The first-order valence-electron chi connectivity index (χ1n) is 24.2. The first-order valence-corrected chi connectivity index (χ1v) is 24.2. The van der Waals surface area contributed by atoms with Crippen molar-refractivity contribution in [3.63, 3.8) is 0 Å². The predicted molar refractivity (Wildman–Crippen MR) is 287 cm³/mol. The molecule has 3 heterocycles. The summed E-state index contributed by atoms with van der Waals surface area (Å²) in [6.45, 7) is 25.5. The highest BCUT2D eigenvalue weighted by Gasteiger charge is 2.49. The van der Waals surface area contributed by atoms with Crippen LogP contribution in [0.5, 0.6) is 0 Å². The van der Waals surface area contributed by atoms with Crippen LogP contribution in [0, 0.1) is 0 Å². The van der Waals surface area contributed by atoms with Crippen molar-refractivity contribution in [2.45, 2.75) is 97.8 Å². The molecule has 330 valence electrons. The molecule has 2 aliphatic heterocycles. The lowest BCUT2D eigenvalue weighted by Gasteiger charge is -2.46. The summed E-state index contributed by atoms with van der Waals surface area (Å²) >= 11 is 0. The molecule has 0 radical (unpaired) electrons. The molecule has 8 aromatic carbocycles. The molecule has 0 atom stereocenters. The maximum absolute atomic E-state index is 7.19. The number of hydrogen-bond acceptors (Lipinski definition) is 3. The van der Waals surface area contributed by atoms with Gasteiger partial charge < -0.3 is 14.1 Å². The first-order chi connectivity index (χ1) is 31.9. The quantitative estimate of drug-likeness (QED) is 0.165. The Morgan fingerprint density at radius 2 is 1.07 bits per heavy atom. The van der Waals surface area contributed by atoms with Crippen LogP contribution in [0.1, 0.15) is 104 Å². The Kier molecular flexibility index (Phi) is 8.78. The van der Waals surface area contributed by atoms with Crippen molar-refractivity contribution in [2.24, 2.45) is 0 Å². The number of hydrogen-bond donors (Lipinski definition) is 0. The third-order valence-electron chi connectivity index (χ3n) is 15.3. The second-order valence-corrected chi connectivity index (χ2v) is 23.0. The molecule has 0 N–H and O–H groups in total. The molecule has 12 rings (SSSR count). The van der Waals surface area contributed by atoms with Gasteiger partial charge >= 0.3 is 6.85 Å². The zero-order valence-electron chi connectivity index (χ0n) is 40.9. The number of para-hydroxylation sites is 1. The van der Waals surface area contributed by atoms with Gasteiger partial charge in [0.1, 0.15) is 11.2 Å². The third-order valence-corrected chi connectivity index (χ3v) is 15.3. The summed E-state index contributed by atoms with van der Waals surface area (Å²) in [5, 5.41) is 2.26. The third kappa shape index (κ3) is 6.17. The van der Waals surface area contributed by atoms with E-state index in [2.05, 4.69) is 244 Å². The number of rotatable bonds is 3. The summed E-state index contributed by atoms with van der Waals surface area (Å²) in [4.78, 5) is 5.30. The summed E-state index contributed by atoms with van der Waals surface area (Å²) in [5.74, 6) is 0. The van der Waals surface area contributed by atoms with Crippen molar-refractivity contribution in [1.29, 1.82) is 0 Å². The van der Waals surface area contributed by atoms with Gasteiger partial charge in [0.15, 0.2) is 0 Å². The van der Waals surface area contributed by atoms with Gasteiger partial charge in [0.2, 0.25) is 0 Å². The molecule has 3 aliphatic rings. The topological polar surface area (TPSA) is 19.6 Å². The predicted octanol–water partition coefficient (Wildman–Crippen LogP) is 16.2. The van der Waals surface area contributed by atoms with Gasteiger partial charge in [-0.3, -0.25) is 0 Å². The smallest absolute Gasteiger partial charge is 0.333 e. The van der Waals surface area contributed by atoms with Crippen LogP contribution >= 0.6 is 0 Å². The number of fused-ring (bicyclic) bond motifs is 11. The average Bonchev–Trinajstić information content (AvgIpc) is 3.78. The zero-order chi connectivity index (χ0) is 46.5. The minimum absolute atomic E-state index is 0.0182. The normalized spacial score (nSPS) is 14.8. The van der Waals surface area contributed by atoms with E-state index in [1.807, 2.05) is 0 Å². The van der Waals surface area contributed by atoms with Gasteiger partial charge in [-0.2, -0.15) is 0 Å². The van der Waals surface area contributed by atoms with Crippen LogP contribution in [-0.4, -0.2) is 6.85 Å². The second-order valence-electron chi connectivity index (χ2n) is 23.0. The van der Waals surface area contributed by atoms with Gasteiger partial charge in [0, 0.05) is 55.6 Å². The Labute approximate surface area is 397 Å². The monoisotopic (exact) mass is 870 g/mol. The fourth-order valence-corrected chi connectivity index (χ4v) is 11.6. The molecule has 9 aromatic rings. The molecule has 1 aromatic heterocycles. The molecule has 0 unspecified atom stereocenters. The van der Waals surface area contributed by atoms with Crippen LogP contribution in [-0.2, 0) is 21.7 Å². The molecule has 4 heteroatoms. The van der Waals surface area contributed by atoms with Crippen LogP contribution in [0.2, 0.25) is 0 Å². The second kappa shape index (κ2) is 14.1. The van der Waals surface area contributed by atoms with E-state index in [-0.39, 0.29) is 28.5 Å². The molecule has 1 aliphatic carbocycles. The molecule has 0 saturated heterocycles. The molecule has 3 nitrogen and oxygen atoms in total. The summed E-state index contributed by atoms with van der Waals surface area (Å²) in [6, 6.07) is 60.2. The van der Waals surface area contributed by atoms with Crippen LogP contribution in [0.25, 0.3) is 55.3 Å². The SMILES string of the molecule is CC(C)(C)c1ccc(N2B3c4cc5c(cc4N(c4ccc(C(C)(C)C)cc4-c4ccccc4)c4cc6c(oc7ccccc76)c(c43)-c3cc(C(C)(C)C)ccc32)C(C)(C)c2ccccc2-5)cc1. The van der Waals surface area contributed by atoms with Crippen LogP contribution in [0.4, 0.5) is 28.4 Å². The molecular weight excluding hydrogens is 812 g/mol. The first kappa shape index (κ1) is 41.6. The number of furan rings is 1. The van der Waals surface area contributed by atoms with Crippen molar-refractivity contribution in [3.05, 3.63) is 186 Å². The molecule has 0 amide bonds. The Balaban J connectivity index is 1.27. The molecule has 0 saturated carbocycles. The van der Waals surface area contributed by atoms with Crippen molar-refractivity contribution in [2.75, 3.05) is 9.71 Å². The highest BCUT2D eigenvalue weighted by Crippen LogP contribution is 2.56. The van der Waals surface area contributed by atoms with Gasteiger partial charge in [0.05, 0.1) is 5.69 Å². The van der Waals surface area contributed by atoms with E-state index in [4.69, 9.17) is 4.42 Å². The lowest BCUT2D eigenvalue weighted by atomic mass is 9.43. The van der Waals surface area contributed by atoms with Crippen LogP contribution in [0.15, 0.2) is 162 Å². The molecule has 0 spiro atoms. The van der Waals surface area contributed by atoms with Crippen molar-refractivity contribution < 1.29 is 4.42 Å². The van der Waals surface area contributed by atoms with Gasteiger partial charge in [-0.15, -0.1) is 0 Å². The van der Waals surface area contributed by atoms with E-state index in [1.165, 1.54) is 94.9 Å². The Bertz CT molecular complexity index is 3500. The summed E-state index contributed by atoms with van der Waals surface area (Å²) in [6.07, 6.45) is 0. The van der Waals surface area contributed by atoms with E-state index in [1.54, 1.807) is 0 Å². The molecule has 67 heavy (non-hydrogen) atoms. The average molecular weight is 871 g/mol. The van der Waals surface area contributed by atoms with E-state index < -0.39 is 0 Å². The van der Waals surface area contributed by atoms with E-state index in [0.29, 0.717) is 0 Å². The van der Waals surface area contributed by atoms with E-state index in [9.17, 15) is 0 Å². The minimum atomic E-state index is -0.202. The molecular formula is C63H59BN2O. The fraction of sp³-hybridized carbons (Fsp3) is 0.238. The lowest BCUT2D eigenvalue weighted by molar-refractivity contribution is 0.590. The highest BCUT2D eigenvalue weighted by molar-refractivity contribution is 6.94. The Morgan fingerprint density at radius 3 is 1.78 bits per heavy atom. The van der Waals surface area contributed by atoms with Crippen molar-refractivity contribution in [1.82, 2.24) is 0 Å². The number of nitrogens with zero attached hydrogens (tertiary/aromatic N) is 2. The highest BCUT2D eigenvalue weighted by atomic mass is 16.3. The maximum atomic E-state index is 7.19. The molecule has 0 bridgehead atoms. The van der Waals surface area contributed by atoms with E-state index >= 15 is 0 Å². The van der Waals surface area contributed by atoms with Crippen molar-refractivity contribution in [3.8, 4) is 33.4 Å². The van der Waals surface area contributed by atoms with Gasteiger partial charge in [-0.1, -0.05) is 179 Å². The summed E-state index contributed by atoms with van der Waals surface area (Å²) in [5.41, 5.74) is 24.1. The number of anilines is 5. The van der Waals surface area contributed by atoms with Gasteiger partial charge in [-0.05, 0) is 126 Å². The fourth-order valence-electron chi connectivity index (χ4n) is 11.6. The van der Waals surface area contributed by atoms with Gasteiger partial charge in [0.25, 0.3) is 0 Å². The largest absolute Gasteiger partial charge is 0.455 e. The van der Waals surface area contributed by atoms with Crippen molar-refractivity contribution >= 4 is 68.1 Å². The maximum Gasteiger partial charge on any atom is 0.333 e. The van der Waals surface area contributed by atoms with Crippen LogP contribution in [0.3, 0.4) is 0 Å². The summed E-state index contributed by atoms with van der Waals surface area (Å²) in [7, 11) is 0. The number of benzene rings is 8. The van der Waals surface area contributed by atoms with E-state index in [0.717, 1.165) is 27.6 Å². The minimum Gasteiger partial charge on any atom is -0.455 e. The lowest BCUT2D eigenvalue weighted by Crippen LogP contribution is -2.61. The standard InChI is InChI=1S/C63H59BN2O/c1-60(2,3)39-25-29-42(30-26-39)66-53-32-28-41(62(7,8)9)34-48(53)57-58-55(36-47-44-22-16-18-24-56(44)67-59(47)57)65(52-31-27-40(61(4,5)6)33-45(52)38-19-13-12-14-20-38)54-37-50-46(35-51(54)64(58)66)43-21-15-17-23-49(43)63(50,10)11/h12-37H,1-11H3. The Hall–Kier alpha value is -6.78. The molecule has 0 fully saturated rings.